The van der Waals surface area contributed by atoms with Gasteiger partial charge in [-0.2, -0.15) is 0 Å². The van der Waals surface area contributed by atoms with E-state index in [0.29, 0.717) is 5.92 Å². The maximum absolute atomic E-state index is 4.60. The summed E-state index contributed by atoms with van der Waals surface area (Å²) in [4.78, 5) is 0. The molecule has 2 heteroatoms. The zero-order valence-electron chi connectivity index (χ0n) is 6.14. The van der Waals surface area contributed by atoms with Crippen LogP contribution in [0.15, 0.2) is 11.8 Å². The maximum Gasteiger partial charge on any atom is 0.0656 e. The molecule has 0 amide bonds. The molecule has 0 heterocycles. The Hall–Kier alpha value is -0.370. The molecule has 0 aliphatic carbocycles. The van der Waals surface area contributed by atoms with E-state index in [1.807, 2.05) is 6.92 Å². The van der Waals surface area contributed by atoms with Gasteiger partial charge in [0.25, 0.3) is 0 Å². The molecule has 0 rings (SSSR count). The molecule has 0 atom stereocenters. The highest BCUT2D eigenvalue weighted by molar-refractivity contribution is 7.78. The summed E-state index contributed by atoms with van der Waals surface area (Å²) >= 11 is 4.60. The molecule has 0 unspecified atom stereocenters. The summed E-state index contributed by atoms with van der Waals surface area (Å²) in [6.45, 7) is 6.27. The van der Waals surface area contributed by atoms with E-state index in [0.717, 1.165) is 5.70 Å². The Kier molecular flexibility index (Phi) is 4.32. The van der Waals surface area contributed by atoms with E-state index < -0.39 is 0 Å². The molecule has 9 heavy (non-hydrogen) atoms. The van der Waals surface area contributed by atoms with E-state index in [-0.39, 0.29) is 0 Å². The number of nitrogens with one attached hydrogen (secondary N) is 1. The van der Waals surface area contributed by atoms with Crippen LogP contribution in [0.3, 0.4) is 0 Å². The molecule has 0 aliphatic rings. The second-order valence-electron chi connectivity index (χ2n) is 2.36. The molecule has 0 aromatic rings. The topological polar surface area (TPSA) is 12.0 Å². The van der Waals surface area contributed by atoms with Crippen molar-refractivity contribution in [2.24, 2.45) is 5.92 Å². The highest BCUT2D eigenvalue weighted by Gasteiger charge is 1.86. The summed E-state index contributed by atoms with van der Waals surface area (Å²) in [5.41, 5.74) is 2.65. The Bertz CT molecular complexity index is 116. The smallest absolute Gasteiger partial charge is 0.0656 e. The molecule has 0 radical (unpaired) electrons. The summed E-state index contributed by atoms with van der Waals surface area (Å²) in [7, 11) is 0. The van der Waals surface area contributed by atoms with Crippen LogP contribution in [0.4, 0.5) is 0 Å². The third kappa shape index (κ3) is 5.50. The van der Waals surface area contributed by atoms with Gasteiger partial charge in [0, 0.05) is 5.70 Å². The SMILES string of the molecule is C/C(=C\C(C)C)NC=S. The van der Waals surface area contributed by atoms with Gasteiger partial charge in [-0.05, 0) is 12.8 Å². The quantitative estimate of drug-likeness (QED) is 0.607. The first kappa shape index (κ1) is 8.63. The normalized spacial score (nSPS) is 11.8. The summed E-state index contributed by atoms with van der Waals surface area (Å²) in [5.74, 6) is 0.590. The first-order chi connectivity index (χ1) is 4.16. The number of hydrogen-bond donors (Lipinski definition) is 1. The van der Waals surface area contributed by atoms with Gasteiger partial charge in [-0.3, -0.25) is 0 Å². The van der Waals surface area contributed by atoms with Crippen molar-refractivity contribution in [3.8, 4) is 0 Å². The van der Waals surface area contributed by atoms with E-state index in [9.17, 15) is 0 Å². The van der Waals surface area contributed by atoms with Gasteiger partial charge < -0.3 is 5.32 Å². The molecule has 0 aromatic heterocycles. The van der Waals surface area contributed by atoms with Crippen molar-refractivity contribution in [3.05, 3.63) is 11.8 Å². The van der Waals surface area contributed by atoms with Gasteiger partial charge in [-0.1, -0.05) is 32.1 Å². The van der Waals surface area contributed by atoms with E-state index in [2.05, 4.69) is 37.5 Å². The number of allylic oxidation sites excluding steroid dienone is 2. The lowest BCUT2D eigenvalue weighted by atomic mass is 10.2. The van der Waals surface area contributed by atoms with Gasteiger partial charge in [-0.15, -0.1) is 0 Å². The number of rotatable bonds is 3. The van der Waals surface area contributed by atoms with E-state index in [1.54, 1.807) is 0 Å². The van der Waals surface area contributed by atoms with Crippen LogP contribution in [-0.4, -0.2) is 5.49 Å². The lowest BCUT2D eigenvalue weighted by Crippen LogP contribution is -2.06. The van der Waals surface area contributed by atoms with Crippen molar-refractivity contribution < 1.29 is 0 Å². The molecular formula is C7H13NS. The molecule has 0 spiro atoms. The van der Waals surface area contributed by atoms with Crippen LogP contribution in [0.1, 0.15) is 20.8 Å². The van der Waals surface area contributed by atoms with E-state index >= 15 is 0 Å². The zero-order chi connectivity index (χ0) is 7.28. The van der Waals surface area contributed by atoms with Crippen molar-refractivity contribution in [1.29, 1.82) is 0 Å². The van der Waals surface area contributed by atoms with Gasteiger partial charge in [0.05, 0.1) is 5.49 Å². The molecule has 1 nitrogen and oxygen atoms in total. The molecule has 0 saturated heterocycles. The predicted octanol–water partition coefficient (Wildman–Crippen LogP) is 2.09. The van der Waals surface area contributed by atoms with Crippen molar-refractivity contribution in [2.45, 2.75) is 20.8 Å². The summed E-state index contributed by atoms with van der Waals surface area (Å²) in [6.07, 6.45) is 2.13. The van der Waals surface area contributed by atoms with Crippen LogP contribution in [0, 0.1) is 5.92 Å². The van der Waals surface area contributed by atoms with E-state index in [1.165, 1.54) is 5.49 Å². The second-order valence-corrected chi connectivity index (χ2v) is 2.59. The van der Waals surface area contributed by atoms with Crippen LogP contribution < -0.4 is 5.32 Å². The van der Waals surface area contributed by atoms with Gasteiger partial charge in [0.2, 0.25) is 0 Å². The fourth-order valence-electron chi connectivity index (χ4n) is 0.641. The Morgan fingerprint density at radius 2 is 2.11 bits per heavy atom. The molecule has 52 valence electrons. The highest BCUT2D eigenvalue weighted by atomic mass is 32.1. The molecule has 0 fully saturated rings. The van der Waals surface area contributed by atoms with Crippen molar-refractivity contribution >= 4 is 17.7 Å². The maximum atomic E-state index is 4.60. The van der Waals surface area contributed by atoms with Crippen LogP contribution >= 0.6 is 12.2 Å². The van der Waals surface area contributed by atoms with Gasteiger partial charge >= 0.3 is 0 Å². The zero-order valence-corrected chi connectivity index (χ0v) is 6.96. The molecule has 0 aromatic carbocycles. The largest absolute Gasteiger partial charge is 0.357 e. The third-order valence-corrected chi connectivity index (χ3v) is 0.988. The molecular weight excluding hydrogens is 130 g/mol. The first-order valence-electron chi connectivity index (χ1n) is 3.05. The average molecular weight is 143 g/mol. The molecule has 1 N–H and O–H groups in total. The number of hydrogen-bond acceptors (Lipinski definition) is 1. The Balaban J connectivity index is 3.68. The lowest BCUT2D eigenvalue weighted by molar-refractivity contribution is 0.814. The van der Waals surface area contributed by atoms with Gasteiger partial charge in [-0.25, -0.2) is 0 Å². The Labute approximate surface area is 62.1 Å². The van der Waals surface area contributed by atoms with E-state index in [4.69, 9.17) is 0 Å². The number of thiocarbonyl (C=S) groups is 1. The van der Waals surface area contributed by atoms with Crippen LogP contribution in [0.25, 0.3) is 0 Å². The summed E-state index contributed by atoms with van der Waals surface area (Å²) < 4.78 is 0. The average Bonchev–Trinajstić information content (AvgIpc) is 1.63. The van der Waals surface area contributed by atoms with Gasteiger partial charge in [0.15, 0.2) is 0 Å². The predicted molar refractivity (Wildman–Crippen MR) is 45.4 cm³/mol. The fourth-order valence-corrected chi connectivity index (χ4v) is 0.827. The minimum atomic E-state index is 0.590. The lowest BCUT2D eigenvalue weighted by Gasteiger charge is -2.00. The second kappa shape index (κ2) is 4.50. The Morgan fingerprint density at radius 3 is 2.44 bits per heavy atom. The fraction of sp³-hybridized carbons (Fsp3) is 0.571. The van der Waals surface area contributed by atoms with Crippen LogP contribution in [0.5, 0.6) is 0 Å². The van der Waals surface area contributed by atoms with Crippen molar-refractivity contribution in [2.75, 3.05) is 0 Å². The summed E-state index contributed by atoms with van der Waals surface area (Å²) in [5, 5.41) is 2.93. The van der Waals surface area contributed by atoms with Crippen LogP contribution in [-0.2, 0) is 0 Å². The van der Waals surface area contributed by atoms with Crippen LogP contribution in [0.2, 0.25) is 0 Å². The minimum Gasteiger partial charge on any atom is -0.357 e. The summed E-state index contributed by atoms with van der Waals surface area (Å²) in [6, 6.07) is 0. The third-order valence-electron chi connectivity index (χ3n) is 0.870. The Morgan fingerprint density at radius 1 is 1.56 bits per heavy atom. The molecule has 0 bridgehead atoms. The van der Waals surface area contributed by atoms with Gasteiger partial charge in [0.1, 0.15) is 0 Å². The molecule has 0 aliphatic heterocycles. The first-order valence-corrected chi connectivity index (χ1v) is 3.52. The standard InChI is InChI=1S/C7H13NS/c1-6(2)4-7(3)8-5-9/h4-6H,1-3H3,(H,8,9)/b7-4+. The monoisotopic (exact) mass is 143 g/mol. The molecule has 0 saturated carbocycles. The van der Waals surface area contributed by atoms with Crippen molar-refractivity contribution in [3.63, 3.8) is 0 Å². The highest BCUT2D eigenvalue weighted by Crippen LogP contribution is 1.96. The minimum absolute atomic E-state index is 0.590. The van der Waals surface area contributed by atoms with Crippen molar-refractivity contribution in [1.82, 2.24) is 5.32 Å².